The summed E-state index contributed by atoms with van der Waals surface area (Å²) in [5, 5.41) is 24.6. The van der Waals surface area contributed by atoms with Gasteiger partial charge in [-0.3, -0.25) is 18.4 Å². The van der Waals surface area contributed by atoms with E-state index in [1.165, 1.54) is 0 Å². The van der Waals surface area contributed by atoms with E-state index in [9.17, 15) is 19.6 Å². The molecular formula is C22H34BClN5O8P. The number of halogens is 1. The minimum atomic E-state index is -3.80. The highest BCUT2D eigenvalue weighted by Crippen LogP contribution is 2.57. The average Bonchev–Trinajstić information content (AvgIpc) is 3.39. The van der Waals surface area contributed by atoms with Crippen LogP contribution in [0.25, 0.3) is 11.2 Å². The van der Waals surface area contributed by atoms with Crippen molar-refractivity contribution in [3.8, 4) is 0 Å². The van der Waals surface area contributed by atoms with Crippen LogP contribution in [0, 0.1) is 5.41 Å². The Hall–Kier alpha value is -1.64. The predicted molar refractivity (Wildman–Crippen MR) is 140 cm³/mol. The number of aromatic nitrogens is 4. The van der Waals surface area contributed by atoms with E-state index in [1.54, 1.807) is 24.7 Å². The van der Waals surface area contributed by atoms with Crippen LogP contribution in [0.4, 0.5) is 5.82 Å². The number of hydrogen-bond acceptors (Lipinski definition) is 11. The fraction of sp³-hybridized carbons (Fsp3) is 0.727. The Labute approximate surface area is 226 Å². The van der Waals surface area contributed by atoms with Gasteiger partial charge in [0.2, 0.25) is 11.2 Å². The van der Waals surface area contributed by atoms with Gasteiger partial charge in [0.1, 0.15) is 11.6 Å². The third-order valence-electron chi connectivity index (χ3n) is 7.20. The number of hydrogen-bond donors (Lipinski definition) is 3. The summed E-state index contributed by atoms with van der Waals surface area (Å²) in [5.41, 5.74) is -0.0991. The van der Waals surface area contributed by atoms with Crippen molar-refractivity contribution < 1.29 is 37.9 Å². The third kappa shape index (κ3) is 5.78. The summed E-state index contributed by atoms with van der Waals surface area (Å²) in [7, 11) is -3.48. The zero-order valence-corrected chi connectivity index (χ0v) is 23.4. The molecule has 4 rings (SSSR count). The number of imidazole rings is 1. The topological polar surface area (TPSA) is 167 Å². The summed E-state index contributed by atoms with van der Waals surface area (Å²) < 4.78 is 36.5. The highest BCUT2D eigenvalue weighted by Gasteiger charge is 2.60. The van der Waals surface area contributed by atoms with Crippen molar-refractivity contribution in [2.45, 2.75) is 70.6 Å². The summed E-state index contributed by atoms with van der Waals surface area (Å²) in [5.74, 6) is -0.276. The third-order valence-corrected chi connectivity index (χ3v) is 8.99. The van der Waals surface area contributed by atoms with Crippen LogP contribution in [0.5, 0.6) is 0 Å². The largest absolute Gasteiger partial charge is 0.474 e. The molecule has 5 atom stereocenters. The molecule has 2 fully saturated rings. The Kier molecular flexibility index (Phi) is 9.47. The number of carbonyl (C=O) groups is 1. The molecule has 2 aromatic heterocycles. The van der Waals surface area contributed by atoms with Gasteiger partial charge in [0, 0.05) is 11.8 Å². The molecule has 0 spiro atoms. The van der Waals surface area contributed by atoms with E-state index < -0.39 is 25.4 Å². The number of nitrogens with one attached hydrogen (secondary N) is 1. The minimum Gasteiger partial charge on any atom is -0.396 e. The molecule has 1 saturated carbocycles. The molecule has 13 nitrogen and oxygen atoms in total. The van der Waals surface area contributed by atoms with Gasteiger partial charge in [-0.25, -0.2) is 9.55 Å². The number of ether oxygens (including phenoxy) is 1. The number of phosphoric ester groups is 1. The molecule has 3 heterocycles. The SMILES string of the molecule is CCCC(=O)Nc1nc(Cl)nc2c1ncn2B[C@@H]1C2CCC1(CO)C(O)[C@@H](COP(=O)(OCC)OCC)O2. The van der Waals surface area contributed by atoms with E-state index in [4.69, 9.17) is 29.9 Å². The molecule has 2 bridgehead atoms. The van der Waals surface area contributed by atoms with Crippen molar-refractivity contribution in [2.24, 2.45) is 5.41 Å². The Morgan fingerprint density at radius 3 is 2.71 bits per heavy atom. The summed E-state index contributed by atoms with van der Waals surface area (Å²) in [4.78, 5) is 25.0. The molecule has 2 aromatic rings. The molecule has 2 aliphatic rings. The monoisotopic (exact) mass is 573 g/mol. The maximum atomic E-state index is 12.7. The molecule has 210 valence electrons. The Morgan fingerprint density at radius 1 is 1.32 bits per heavy atom. The fourth-order valence-corrected chi connectivity index (χ4v) is 6.80. The van der Waals surface area contributed by atoms with E-state index in [0.29, 0.717) is 44.3 Å². The van der Waals surface area contributed by atoms with E-state index in [0.717, 1.165) is 0 Å². The van der Waals surface area contributed by atoms with Crippen molar-refractivity contribution in [1.82, 2.24) is 19.4 Å². The number of fused-ring (bicyclic) bond motifs is 3. The summed E-state index contributed by atoms with van der Waals surface area (Å²) in [6.45, 7) is 5.00. The highest BCUT2D eigenvalue weighted by molar-refractivity contribution is 7.48. The molecule has 3 unspecified atom stereocenters. The average molecular weight is 574 g/mol. The summed E-state index contributed by atoms with van der Waals surface area (Å²) in [6.07, 6.45) is 1.44. The first-order valence-corrected chi connectivity index (χ1v) is 14.7. The number of amides is 1. The number of carbonyl (C=O) groups excluding carboxylic acids is 1. The minimum absolute atomic E-state index is 0.0453. The van der Waals surface area contributed by atoms with Crippen molar-refractivity contribution in [3.63, 3.8) is 0 Å². The quantitative estimate of drug-likeness (QED) is 0.183. The van der Waals surface area contributed by atoms with Crippen LogP contribution in [0.1, 0.15) is 46.5 Å². The van der Waals surface area contributed by atoms with Crippen LogP contribution in [-0.4, -0.2) is 87.7 Å². The maximum Gasteiger partial charge on any atom is 0.474 e. The second-order valence-electron chi connectivity index (χ2n) is 9.48. The van der Waals surface area contributed by atoms with Crippen molar-refractivity contribution in [2.75, 3.05) is 31.7 Å². The van der Waals surface area contributed by atoms with Crippen LogP contribution >= 0.6 is 19.4 Å². The first kappa shape index (κ1) is 29.4. The number of nitrogens with zero attached hydrogens (tertiary/aromatic N) is 4. The molecule has 1 aliphatic heterocycles. The number of aliphatic hydroxyl groups excluding tert-OH is 2. The molecule has 1 aliphatic carbocycles. The van der Waals surface area contributed by atoms with E-state index >= 15 is 0 Å². The van der Waals surface area contributed by atoms with Crippen molar-refractivity contribution >= 4 is 49.7 Å². The van der Waals surface area contributed by atoms with Crippen LogP contribution in [-0.2, 0) is 27.7 Å². The van der Waals surface area contributed by atoms with Gasteiger partial charge < -0.3 is 24.7 Å². The molecule has 38 heavy (non-hydrogen) atoms. The number of rotatable bonds is 13. The lowest BCUT2D eigenvalue weighted by Gasteiger charge is -2.47. The Bertz CT molecular complexity index is 1180. The number of anilines is 1. The van der Waals surface area contributed by atoms with Gasteiger partial charge in [0.15, 0.2) is 11.5 Å². The van der Waals surface area contributed by atoms with Gasteiger partial charge in [-0.15, -0.1) is 0 Å². The summed E-state index contributed by atoms with van der Waals surface area (Å²) >= 11 is 6.16. The van der Waals surface area contributed by atoms with Gasteiger partial charge >= 0.3 is 7.82 Å². The predicted octanol–water partition coefficient (Wildman–Crippen LogP) is 2.30. The highest BCUT2D eigenvalue weighted by atomic mass is 35.5. The zero-order chi connectivity index (χ0) is 27.5. The first-order chi connectivity index (χ1) is 18.2. The summed E-state index contributed by atoms with van der Waals surface area (Å²) in [6, 6.07) is 0. The first-order valence-electron chi connectivity index (χ1n) is 12.9. The number of phosphoric acid groups is 1. The molecule has 0 radical (unpaired) electrons. The fourth-order valence-electron chi connectivity index (χ4n) is 5.45. The van der Waals surface area contributed by atoms with E-state index in [-0.39, 0.29) is 55.4 Å². The van der Waals surface area contributed by atoms with Crippen LogP contribution in [0.2, 0.25) is 11.1 Å². The molecular weight excluding hydrogens is 540 g/mol. The van der Waals surface area contributed by atoms with Crippen LogP contribution in [0.15, 0.2) is 6.33 Å². The molecule has 1 amide bonds. The molecule has 3 N–H and O–H groups in total. The van der Waals surface area contributed by atoms with E-state index in [2.05, 4.69) is 20.3 Å². The van der Waals surface area contributed by atoms with Gasteiger partial charge in [-0.2, -0.15) is 9.97 Å². The maximum absolute atomic E-state index is 12.7. The van der Waals surface area contributed by atoms with E-state index in [1.807, 2.05) is 6.92 Å². The lowest BCUT2D eigenvalue weighted by Crippen LogP contribution is -2.56. The lowest BCUT2D eigenvalue weighted by molar-refractivity contribution is -0.173. The standard InChI is InChI=1S/C22H34BClN5O8P/c1-4-7-15(31)26-19-16-20(28-21(24)27-19)29(12-25-16)23-17-13-8-9-22(17,11-30)18(32)14(37-13)10-36-38(33,34-5-2)35-6-3/h12-14,17-18,23,30,32H,4-11H2,1-3H3,(H,26,27,28,31)/t13?,14-,17-,18?,22?/m1/s1. The van der Waals surface area contributed by atoms with Gasteiger partial charge in [-0.1, -0.05) is 6.92 Å². The van der Waals surface area contributed by atoms with Crippen molar-refractivity contribution in [1.29, 1.82) is 0 Å². The van der Waals surface area contributed by atoms with Gasteiger partial charge in [0.25, 0.3) is 7.41 Å². The normalized spacial score (nSPS) is 27.1. The molecule has 0 aromatic carbocycles. The Balaban J connectivity index is 1.55. The molecule has 16 heteroatoms. The van der Waals surface area contributed by atoms with Crippen molar-refractivity contribution in [3.05, 3.63) is 11.6 Å². The molecule has 1 saturated heterocycles. The van der Waals surface area contributed by atoms with Gasteiger partial charge in [-0.05, 0) is 50.5 Å². The smallest absolute Gasteiger partial charge is 0.396 e. The second kappa shape index (κ2) is 12.3. The zero-order valence-electron chi connectivity index (χ0n) is 21.7. The van der Waals surface area contributed by atoms with Crippen LogP contribution < -0.4 is 5.32 Å². The number of aliphatic hydroxyl groups is 2. The second-order valence-corrected chi connectivity index (χ2v) is 11.5. The Morgan fingerprint density at radius 2 is 2.05 bits per heavy atom. The van der Waals surface area contributed by atoms with Gasteiger partial charge in [0.05, 0.1) is 45.0 Å². The van der Waals surface area contributed by atoms with Crippen LogP contribution in [0.3, 0.4) is 0 Å². The lowest BCUT2D eigenvalue weighted by atomic mass is 9.56.